The number of piperidine rings is 1. The normalized spacial score (nSPS) is 16.2. The van der Waals surface area contributed by atoms with E-state index < -0.39 is 0 Å². The average Bonchev–Trinajstić information content (AvgIpc) is 2.29. The lowest BCUT2D eigenvalue weighted by Crippen LogP contribution is -2.29. The zero-order chi connectivity index (χ0) is 11.5. The minimum absolute atomic E-state index is 0.195. The molecule has 1 aromatic rings. The van der Waals surface area contributed by atoms with Crippen LogP contribution in [0, 0.1) is 17.0 Å². The van der Waals surface area contributed by atoms with Gasteiger partial charge in [-0.3, -0.25) is 10.1 Å². The third-order valence-corrected chi connectivity index (χ3v) is 2.98. The summed E-state index contributed by atoms with van der Waals surface area (Å²) in [5.74, 6) is 0. The van der Waals surface area contributed by atoms with Crippen molar-refractivity contribution in [2.24, 2.45) is 0 Å². The number of benzene rings is 1. The van der Waals surface area contributed by atoms with Crippen molar-refractivity contribution in [1.29, 1.82) is 0 Å². The molecule has 0 bridgehead atoms. The maximum Gasteiger partial charge on any atom is 0.271 e. The summed E-state index contributed by atoms with van der Waals surface area (Å²) in [5, 5.41) is 10.8. The van der Waals surface area contributed by atoms with Gasteiger partial charge >= 0.3 is 0 Å². The maximum absolute atomic E-state index is 10.8. The summed E-state index contributed by atoms with van der Waals surface area (Å²) in [6, 6.07) is 5.32. The third-order valence-electron chi connectivity index (χ3n) is 2.98. The fourth-order valence-corrected chi connectivity index (χ4v) is 2.18. The summed E-state index contributed by atoms with van der Waals surface area (Å²) in [7, 11) is 0. The number of nitro groups is 1. The maximum atomic E-state index is 10.8. The Hall–Kier alpha value is -1.58. The fraction of sp³-hybridized carbons (Fsp3) is 0.500. The Balaban J connectivity index is 2.28. The zero-order valence-corrected chi connectivity index (χ0v) is 9.48. The van der Waals surface area contributed by atoms with Crippen LogP contribution in [0.15, 0.2) is 18.2 Å². The van der Waals surface area contributed by atoms with E-state index in [-0.39, 0.29) is 10.6 Å². The van der Waals surface area contributed by atoms with Crippen molar-refractivity contribution >= 4 is 11.4 Å². The van der Waals surface area contributed by atoms with Crippen LogP contribution in [-0.4, -0.2) is 18.0 Å². The Kier molecular flexibility index (Phi) is 3.08. The van der Waals surface area contributed by atoms with Crippen LogP contribution in [0.5, 0.6) is 0 Å². The largest absolute Gasteiger partial charge is 0.371 e. The highest BCUT2D eigenvalue weighted by molar-refractivity contribution is 5.55. The summed E-state index contributed by atoms with van der Waals surface area (Å²) >= 11 is 0. The predicted octanol–water partition coefficient (Wildman–Crippen LogP) is 2.89. The topological polar surface area (TPSA) is 46.4 Å². The number of hydrogen-bond acceptors (Lipinski definition) is 3. The van der Waals surface area contributed by atoms with Gasteiger partial charge in [-0.05, 0) is 37.8 Å². The first kappa shape index (κ1) is 10.9. The molecule has 1 aliphatic heterocycles. The highest BCUT2D eigenvalue weighted by Crippen LogP contribution is 2.26. The third kappa shape index (κ3) is 2.32. The first-order chi connectivity index (χ1) is 7.66. The van der Waals surface area contributed by atoms with E-state index in [1.807, 2.05) is 13.0 Å². The number of rotatable bonds is 2. The Morgan fingerprint density at radius 3 is 2.50 bits per heavy atom. The highest BCUT2D eigenvalue weighted by atomic mass is 16.6. The van der Waals surface area contributed by atoms with Crippen LogP contribution in [0.25, 0.3) is 0 Å². The molecule has 0 aromatic heterocycles. The molecule has 16 heavy (non-hydrogen) atoms. The van der Waals surface area contributed by atoms with Gasteiger partial charge in [-0.1, -0.05) is 0 Å². The molecule has 0 radical (unpaired) electrons. The molecule has 0 spiro atoms. The van der Waals surface area contributed by atoms with Crippen molar-refractivity contribution in [1.82, 2.24) is 0 Å². The minimum Gasteiger partial charge on any atom is -0.371 e. The Morgan fingerprint density at radius 1 is 1.19 bits per heavy atom. The molecule has 4 heteroatoms. The zero-order valence-electron chi connectivity index (χ0n) is 9.48. The standard InChI is InChI=1S/C12H16N2O2/c1-10-7-11(9-12(8-10)14(15)16)13-5-3-2-4-6-13/h7-9H,2-6H2,1H3. The number of anilines is 1. The second-order valence-corrected chi connectivity index (χ2v) is 4.33. The van der Waals surface area contributed by atoms with Gasteiger partial charge in [0.2, 0.25) is 0 Å². The molecular weight excluding hydrogens is 204 g/mol. The lowest BCUT2D eigenvalue weighted by Gasteiger charge is -2.28. The number of non-ortho nitro benzene ring substituents is 1. The Morgan fingerprint density at radius 2 is 1.88 bits per heavy atom. The fourth-order valence-electron chi connectivity index (χ4n) is 2.18. The summed E-state index contributed by atoms with van der Waals surface area (Å²) in [6.45, 7) is 3.93. The SMILES string of the molecule is Cc1cc(N2CCCCC2)cc([N+](=O)[O-])c1. The predicted molar refractivity (Wildman–Crippen MR) is 63.9 cm³/mol. The van der Waals surface area contributed by atoms with Crippen molar-refractivity contribution in [3.8, 4) is 0 Å². The highest BCUT2D eigenvalue weighted by Gasteiger charge is 2.15. The number of nitrogens with zero attached hydrogens (tertiary/aromatic N) is 2. The van der Waals surface area contributed by atoms with Crippen molar-refractivity contribution in [2.45, 2.75) is 26.2 Å². The van der Waals surface area contributed by atoms with Gasteiger partial charge in [0.1, 0.15) is 0 Å². The van der Waals surface area contributed by atoms with Gasteiger partial charge in [-0.2, -0.15) is 0 Å². The van der Waals surface area contributed by atoms with E-state index in [1.54, 1.807) is 12.1 Å². The Labute approximate surface area is 95.0 Å². The molecule has 0 saturated carbocycles. The first-order valence-electron chi connectivity index (χ1n) is 5.68. The van der Waals surface area contributed by atoms with Gasteiger partial charge < -0.3 is 4.90 Å². The number of aryl methyl sites for hydroxylation is 1. The van der Waals surface area contributed by atoms with Crippen LogP contribution >= 0.6 is 0 Å². The van der Waals surface area contributed by atoms with Crippen LogP contribution < -0.4 is 4.90 Å². The van der Waals surface area contributed by atoms with E-state index in [4.69, 9.17) is 0 Å². The quantitative estimate of drug-likeness (QED) is 0.568. The van der Waals surface area contributed by atoms with Gasteiger partial charge in [0.05, 0.1) is 4.92 Å². The second kappa shape index (κ2) is 4.51. The molecule has 0 atom stereocenters. The minimum atomic E-state index is -0.319. The molecular formula is C12H16N2O2. The summed E-state index contributed by atoms with van der Waals surface area (Å²) in [5.41, 5.74) is 2.14. The van der Waals surface area contributed by atoms with E-state index in [9.17, 15) is 10.1 Å². The molecule has 0 unspecified atom stereocenters. The van der Waals surface area contributed by atoms with Crippen LogP contribution in [0.2, 0.25) is 0 Å². The lowest BCUT2D eigenvalue weighted by atomic mass is 10.1. The van der Waals surface area contributed by atoms with Crippen LogP contribution in [0.3, 0.4) is 0 Å². The summed E-state index contributed by atoms with van der Waals surface area (Å²) in [4.78, 5) is 12.7. The molecule has 1 aromatic carbocycles. The van der Waals surface area contributed by atoms with Gasteiger partial charge in [0.15, 0.2) is 0 Å². The van der Waals surface area contributed by atoms with Crippen LogP contribution in [-0.2, 0) is 0 Å². The first-order valence-corrected chi connectivity index (χ1v) is 5.68. The van der Waals surface area contributed by atoms with E-state index in [0.29, 0.717) is 0 Å². The molecule has 4 nitrogen and oxygen atoms in total. The van der Waals surface area contributed by atoms with Gasteiger partial charge in [0, 0.05) is 30.9 Å². The van der Waals surface area contributed by atoms with Crippen molar-refractivity contribution in [2.75, 3.05) is 18.0 Å². The molecule has 0 amide bonds. The average molecular weight is 220 g/mol. The summed E-state index contributed by atoms with van der Waals surface area (Å²) < 4.78 is 0. The van der Waals surface area contributed by atoms with Gasteiger partial charge in [0.25, 0.3) is 5.69 Å². The number of nitro benzene ring substituents is 1. The van der Waals surface area contributed by atoms with Crippen molar-refractivity contribution in [3.05, 3.63) is 33.9 Å². The van der Waals surface area contributed by atoms with Gasteiger partial charge in [-0.25, -0.2) is 0 Å². The molecule has 0 N–H and O–H groups in total. The van der Waals surface area contributed by atoms with Gasteiger partial charge in [-0.15, -0.1) is 0 Å². The molecule has 2 rings (SSSR count). The second-order valence-electron chi connectivity index (χ2n) is 4.33. The Bertz CT molecular complexity index is 398. The van der Waals surface area contributed by atoms with E-state index in [1.165, 1.54) is 19.3 Å². The van der Waals surface area contributed by atoms with E-state index >= 15 is 0 Å². The molecule has 1 saturated heterocycles. The number of hydrogen-bond donors (Lipinski definition) is 0. The van der Waals surface area contributed by atoms with Crippen molar-refractivity contribution in [3.63, 3.8) is 0 Å². The van der Waals surface area contributed by atoms with E-state index in [0.717, 1.165) is 24.3 Å². The molecule has 1 heterocycles. The monoisotopic (exact) mass is 220 g/mol. The molecule has 1 fully saturated rings. The molecule has 0 aliphatic carbocycles. The lowest BCUT2D eigenvalue weighted by molar-refractivity contribution is -0.384. The van der Waals surface area contributed by atoms with Crippen molar-refractivity contribution < 1.29 is 4.92 Å². The molecule has 1 aliphatic rings. The molecule has 86 valence electrons. The van der Waals surface area contributed by atoms with Crippen LogP contribution in [0.4, 0.5) is 11.4 Å². The summed E-state index contributed by atoms with van der Waals surface area (Å²) in [6.07, 6.45) is 3.63. The van der Waals surface area contributed by atoms with Crippen LogP contribution in [0.1, 0.15) is 24.8 Å². The van der Waals surface area contributed by atoms with E-state index in [2.05, 4.69) is 4.90 Å². The smallest absolute Gasteiger partial charge is 0.271 e.